The lowest BCUT2D eigenvalue weighted by atomic mass is 10.1. The molecule has 9 nitrogen and oxygen atoms in total. The Balaban J connectivity index is 3.03. The molecule has 0 aromatic carbocycles. The predicted octanol–water partition coefficient (Wildman–Crippen LogP) is 1.71. The van der Waals surface area contributed by atoms with Gasteiger partial charge in [-0.1, -0.05) is 20.3 Å². The van der Waals surface area contributed by atoms with Crippen molar-refractivity contribution in [3.05, 3.63) is 0 Å². The molecule has 30 heavy (non-hydrogen) atoms. The average Bonchev–Trinajstić information content (AvgIpc) is 2.73. The van der Waals surface area contributed by atoms with Gasteiger partial charge in [-0.2, -0.15) is 0 Å². The van der Waals surface area contributed by atoms with Crippen molar-refractivity contribution in [2.24, 2.45) is 5.92 Å². The number of esters is 1. The molecule has 0 heterocycles. The number of hydrogen-bond donors (Lipinski definition) is 0. The summed E-state index contributed by atoms with van der Waals surface area (Å²) in [4.78, 5) is 10.5. The van der Waals surface area contributed by atoms with E-state index < -0.39 is 0 Å². The summed E-state index contributed by atoms with van der Waals surface area (Å²) in [6.07, 6.45) is 1.13. The van der Waals surface area contributed by atoms with Crippen molar-refractivity contribution >= 4 is 5.97 Å². The van der Waals surface area contributed by atoms with Gasteiger partial charge in [0.25, 0.3) is 0 Å². The first kappa shape index (κ1) is 29.2. The van der Waals surface area contributed by atoms with E-state index in [1.54, 1.807) is 0 Å². The SMILES string of the molecule is CCC(C)COCCOCCOCCOCCOCCOCCOCCOC(C)=O. The fraction of sp³-hybridized carbons (Fsp3) is 0.952. The fourth-order valence-corrected chi connectivity index (χ4v) is 1.97. The molecule has 1 unspecified atom stereocenters. The summed E-state index contributed by atoms with van der Waals surface area (Å²) in [6.45, 7) is 13.5. The Bertz CT molecular complexity index is 355. The summed E-state index contributed by atoms with van der Waals surface area (Å²) in [7, 11) is 0. The van der Waals surface area contributed by atoms with E-state index in [4.69, 9.17) is 37.9 Å². The second-order valence-corrected chi connectivity index (χ2v) is 6.60. The van der Waals surface area contributed by atoms with E-state index in [-0.39, 0.29) is 12.6 Å². The van der Waals surface area contributed by atoms with Gasteiger partial charge in [-0.05, 0) is 5.92 Å². The lowest BCUT2D eigenvalue weighted by molar-refractivity contribution is -0.142. The molecule has 0 N–H and O–H groups in total. The van der Waals surface area contributed by atoms with Crippen LogP contribution in [0.1, 0.15) is 27.2 Å². The Morgan fingerprint density at radius 2 is 0.867 bits per heavy atom. The van der Waals surface area contributed by atoms with Crippen LogP contribution in [0.3, 0.4) is 0 Å². The highest BCUT2D eigenvalue weighted by molar-refractivity contribution is 5.65. The largest absolute Gasteiger partial charge is 0.463 e. The molecule has 0 aliphatic heterocycles. The number of hydrogen-bond acceptors (Lipinski definition) is 9. The van der Waals surface area contributed by atoms with Gasteiger partial charge < -0.3 is 37.9 Å². The van der Waals surface area contributed by atoms with Crippen LogP contribution in [0.4, 0.5) is 0 Å². The zero-order chi connectivity index (χ0) is 22.1. The molecule has 9 heteroatoms. The summed E-state index contributed by atoms with van der Waals surface area (Å²) in [5.41, 5.74) is 0. The van der Waals surface area contributed by atoms with Gasteiger partial charge in [-0.3, -0.25) is 4.79 Å². The van der Waals surface area contributed by atoms with Gasteiger partial charge >= 0.3 is 5.97 Å². The van der Waals surface area contributed by atoms with Gasteiger partial charge in [0.15, 0.2) is 0 Å². The molecule has 0 aromatic rings. The minimum absolute atomic E-state index is 0.269. The van der Waals surface area contributed by atoms with Crippen LogP contribution in [-0.4, -0.2) is 105 Å². The molecule has 1 atom stereocenters. The summed E-state index contributed by atoms with van der Waals surface area (Å²) in [5.74, 6) is 0.298. The Kier molecular flexibility index (Phi) is 23.8. The first-order valence-electron chi connectivity index (χ1n) is 10.8. The third-order valence-corrected chi connectivity index (χ3v) is 3.86. The number of ether oxygens (including phenoxy) is 8. The highest BCUT2D eigenvalue weighted by atomic mass is 16.6. The Labute approximate surface area is 181 Å². The number of carbonyl (C=O) groups excluding carboxylic acids is 1. The van der Waals surface area contributed by atoms with Gasteiger partial charge in [-0.25, -0.2) is 0 Å². The maximum atomic E-state index is 10.5. The van der Waals surface area contributed by atoms with Crippen LogP contribution in [0.25, 0.3) is 0 Å². The standard InChI is InChI=1S/C21H42O9/c1-4-20(2)19-29-16-15-27-12-11-25-8-7-23-5-6-24-9-10-26-13-14-28-17-18-30-21(3)22/h20H,4-19H2,1-3H3. The second kappa shape index (κ2) is 24.5. The van der Waals surface area contributed by atoms with E-state index in [9.17, 15) is 4.79 Å². The normalized spacial score (nSPS) is 12.2. The maximum absolute atomic E-state index is 10.5. The Morgan fingerprint density at radius 3 is 1.17 bits per heavy atom. The lowest BCUT2D eigenvalue weighted by Gasteiger charge is -2.10. The van der Waals surface area contributed by atoms with Crippen molar-refractivity contribution in [3.8, 4) is 0 Å². The van der Waals surface area contributed by atoms with Gasteiger partial charge in [0, 0.05) is 13.5 Å². The fourth-order valence-electron chi connectivity index (χ4n) is 1.97. The zero-order valence-corrected chi connectivity index (χ0v) is 19.1. The summed E-state index contributed by atoms with van der Waals surface area (Å²) < 4.78 is 42.5. The van der Waals surface area contributed by atoms with Gasteiger partial charge in [0.2, 0.25) is 0 Å². The quantitative estimate of drug-likeness (QED) is 0.165. The van der Waals surface area contributed by atoms with Crippen molar-refractivity contribution in [3.63, 3.8) is 0 Å². The Morgan fingerprint density at radius 1 is 0.567 bits per heavy atom. The van der Waals surface area contributed by atoms with Crippen LogP contribution in [0, 0.1) is 5.92 Å². The minimum atomic E-state index is -0.303. The molecular formula is C21H42O9. The van der Waals surface area contributed by atoms with E-state index in [1.165, 1.54) is 6.92 Å². The third kappa shape index (κ3) is 25.2. The van der Waals surface area contributed by atoms with Crippen LogP contribution in [0.2, 0.25) is 0 Å². The molecule has 180 valence electrons. The molecule has 0 amide bonds. The molecule has 0 saturated carbocycles. The smallest absolute Gasteiger partial charge is 0.302 e. The van der Waals surface area contributed by atoms with E-state index in [2.05, 4.69) is 13.8 Å². The van der Waals surface area contributed by atoms with Crippen LogP contribution in [0.5, 0.6) is 0 Å². The second-order valence-electron chi connectivity index (χ2n) is 6.60. The van der Waals surface area contributed by atoms with Gasteiger partial charge in [-0.15, -0.1) is 0 Å². The molecule has 0 spiro atoms. The van der Waals surface area contributed by atoms with E-state index in [1.807, 2.05) is 0 Å². The highest BCUT2D eigenvalue weighted by Gasteiger charge is 1.98. The monoisotopic (exact) mass is 438 g/mol. The van der Waals surface area contributed by atoms with Crippen molar-refractivity contribution < 1.29 is 42.7 Å². The van der Waals surface area contributed by atoms with Crippen LogP contribution < -0.4 is 0 Å². The van der Waals surface area contributed by atoms with Gasteiger partial charge in [0.05, 0.1) is 85.9 Å². The molecule has 0 bridgehead atoms. The minimum Gasteiger partial charge on any atom is -0.463 e. The highest BCUT2D eigenvalue weighted by Crippen LogP contribution is 1.99. The predicted molar refractivity (Wildman–Crippen MR) is 112 cm³/mol. The van der Waals surface area contributed by atoms with Crippen molar-refractivity contribution in [2.45, 2.75) is 27.2 Å². The van der Waals surface area contributed by atoms with E-state index >= 15 is 0 Å². The van der Waals surface area contributed by atoms with Crippen LogP contribution >= 0.6 is 0 Å². The number of rotatable bonds is 24. The molecule has 0 fully saturated rings. The zero-order valence-electron chi connectivity index (χ0n) is 19.1. The molecule has 0 aliphatic rings. The summed E-state index contributed by atoms with van der Waals surface area (Å²) >= 11 is 0. The first-order chi connectivity index (χ1) is 14.7. The van der Waals surface area contributed by atoms with Crippen molar-refractivity contribution in [2.75, 3.05) is 99.1 Å². The maximum Gasteiger partial charge on any atom is 0.302 e. The molecular weight excluding hydrogens is 396 g/mol. The topological polar surface area (TPSA) is 90.9 Å². The summed E-state index contributed by atoms with van der Waals surface area (Å²) in [5, 5.41) is 0. The molecule has 0 rings (SSSR count). The number of carbonyl (C=O) groups is 1. The summed E-state index contributed by atoms with van der Waals surface area (Å²) in [6, 6.07) is 0. The van der Waals surface area contributed by atoms with E-state index in [0.29, 0.717) is 91.8 Å². The first-order valence-corrected chi connectivity index (χ1v) is 10.8. The van der Waals surface area contributed by atoms with E-state index in [0.717, 1.165) is 13.0 Å². The molecule has 0 aromatic heterocycles. The van der Waals surface area contributed by atoms with Crippen LogP contribution in [-0.2, 0) is 42.7 Å². The molecule has 0 aliphatic carbocycles. The Hall–Kier alpha value is -0.810. The van der Waals surface area contributed by atoms with Gasteiger partial charge in [0.1, 0.15) is 6.61 Å². The van der Waals surface area contributed by atoms with Crippen molar-refractivity contribution in [1.82, 2.24) is 0 Å². The average molecular weight is 439 g/mol. The molecule has 0 saturated heterocycles. The van der Waals surface area contributed by atoms with Crippen LogP contribution in [0.15, 0.2) is 0 Å². The molecule has 0 radical (unpaired) electrons. The van der Waals surface area contributed by atoms with Crippen molar-refractivity contribution in [1.29, 1.82) is 0 Å². The third-order valence-electron chi connectivity index (χ3n) is 3.86. The lowest BCUT2D eigenvalue weighted by Crippen LogP contribution is -2.15.